The Bertz CT molecular complexity index is 809. The van der Waals surface area contributed by atoms with Crippen LogP contribution in [0.1, 0.15) is 23.2 Å². The molecule has 1 aromatic carbocycles. The molecular formula is C18H17ClN2O6. The second-order valence-corrected chi connectivity index (χ2v) is 7.48. The number of rotatable bonds is 4. The molecule has 142 valence electrons. The van der Waals surface area contributed by atoms with E-state index in [-0.39, 0.29) is 23.9 Å². The molecular weight excluding hydrogens is 376 g/mol. The predicted molar refractivity (Wildman–Crippen MR) is 91.1 cm³/mol. The quantitative estimate of drug-likeness (QED) is 0.580. The van der Waals surface area contributed by atoms with E-state index in [2.05, 4.69) is 10.9 Å². The molecule has 2 aliphatic carbocycles. The number of ether oxygens (including phenoxy) is 2. The third-order valence-electron chi connectivity index (χ3n) is 5.52. The molecule has 3 aliphatic rings. The lowest BCUT2D eigenvalue weighted by molar-refractivity contribution is -0.158. The van der Waals surface area contributed by atoms with Crippen molar-refractivity contribution in [3.8, 4) is 0 Å². The Labute approximate surface area is 159 Å². The second-order valence-electron chi connectivity index (χ2n) is 7.04. The van der Waals surface area contributed by atoms with Crippen LogP contribution >= 0.6 is 11.6 Å². The summed E-state index contributed by atoms with van der Waals surface area (Å²) in [5, 5.41) is 0.487. The van der Waals surface area contributed by atoms with Crippen molar-refractivity contribution in [3.63, 3.8) is 0 Å². The van der Waals surface area contributed by atoms with Gasteiger partial charge >= 0.3 is 11.9 Å². The SMILES string of the molecule is O=C(COC(=O)[C@@H]1[C@@H]2C[C@H]3[C@@H]1C(=O)O[C@@H]3C2)NNC(=O)c1ccc(Cl)cc1. The summed E-state index contributed by atoms with van der Waals surface area (Å²) >= 11 is 5.75. The number of esters is 2. The minimum Gasteiger partial charge on any atom is -0.462 e. The average Bonchev–Trinajstić information content (AvgIpc) is 3.27. The Balaban J connectivity index is 1.25. The van der Waals surface area contributed by atoms with Crippen molar-refractivity contribution in [1.29, 1.82) is 0 Å². The van der Waals surface area contributed by atoms with Gasteiger partial charge in [-0.1, -0.05) is 11.6 Å². The minimum absolute atomic E-state index is 0.0663. The normalized spacial score (nSPS) is 30.0. The van der Waals surface area contributed by atoms with Crippen molar-refractivity contribution in [1.82, 2.24) is 10.9 Å². The summed E-state index contributed by atoms with van der Waals surface area (Å²) in [5.74, 6) is -2.95. The fourth-order valence-corrected chi connectivity index (χ4v) is 4.52. The van der Waals surface area contributed by atoms with Gasteiger partial charge in [0.2, 0.25) is 0 Å². The third kappa shape index (κ3) is 3.25. The van der Waals surface area contributed by atoms with Gasteiger partial charge in [0.05, 0.1) is 11.8 Å². The number of carbonyl (C=O) groups excluding carboxylic acids is 4. The van der Waals surface area contributed by atoms with Crippen molar-refractivity contribution >= 4 is 35.4 Å². The highest BCUT2D eigenvalue weighted by Crippen LogP contribution is 2.57. The van der Waals surface area contributed by atoms with E-state index < -0.39 is 36.2 Å². The van der Waals surface area contributed by atoms with Crippen molar-refractivity contribution in [2.45, 2.75) is 18.9 Å². The number of hydrogen-bond donors (Lipinski definition) is 2. The zero-order valence-corrected chi connectivity index (χ0v) is 14.9. The maximum absolute atomic E-state index is 12.4. The second kappa shape index (κ2) is 6.84. The van der Waals surface area contributed by atoms with Crippen LogP contribution in [0, 0.1) is 23.7 Å². The first-order valence-corrected chi connectivity index (χ1v) is 9.03. The van der Waals surface area contributed by atoms with Crippen LogP contribution in [0.5, 0.6) is 0 Å². The standard InChI is InChI=1S/C18H17ClN2O6/c19-10-3-1-8(2-4-10)16(23)21-20-13(22)7-26-17(24)14-9-5-11-12(6-9)27-18(25)15(11)14/h1-4,9,11-12,14-15H,5-7H2,(H,20,22)(H,21,23)/t9-,11-,12-,14-,15+/m1/s1. The van der Waals surface area contributed by atoms with Gasteiger partial charge in [0.15, 0.2) is 6.61 Å². The predicted octanol–water partition coefficient (Wildman–Crippen LogP) is 0.842. The third-order valence-corrected chi connectivity index (χ3v) is 5.77. The van der Waals surface area contributed by atoms with Crippen molar-refractivity contribution in [2.24, 2.45) is 23.7 Å². The summed E-state index contributed by atoms with van der Waals surface area (Å²) in [4.78, 5) is 48.0. The van der Waals surface area contributed by atoms with Crippen LogP contribution in [-0.4, -0.2) is 36.5 Å². The maximum atomic E-state index is 12.4. The zero-order valence-electron chi connectivity index (χ0n) is 14.1. The summed E-state index contributed by atoms with van der Waals surface area (Å²) in [6.07, 6.45) is 1.39. The summed E-state index contributed by atoms with van der Waals surface area (Å²) in [6.45, 7) is -0.543. The molecule has 0 unspecified atom stereocenters. The lowest BCUT2D eigenvalue weighted by atomic mass is 9.80. The summed E-state index contributed by atoms with van der Waals surface area (Å²) in [5.41, 5.74) is 4.72. The van der Waals surface area contributed by atoms with Crippen molar-refractivity contribution < 1.29 is 28.7 Å². The molecule has 0 aromatic heterocycles. The molecule has 2 bridgehead atoms. The van der Waals surface area contributed by atoms with E-state index in [0.29, 0.717) is 17.0 Å². The Morgan fingerprint density at radius 1 is 1.15 bits per heavy atom. The highest BCUT2D eigenvalue weighted by atomic mass is 35.5. The smallest absolute Gasteiger partial charge is 0.310 e. The highest BCUT2D eigenvalue weighted by Gasteiger charge is 2.64. The summed E-state index contributed by atoms with van der Waals surface area (Å²) in [7, 11) is 0. The number of benzene rings is 1. The van der Waals surface area contributed by atoms with E-state index in [4.69, 9.17) is 21.1 Å². The van der Waals surface area contributed by atoms with Gasteiger partial charge in [-0.05, 0) is 43.0 Å². The molecule has 4 rings (SSSR count). The number of carbonyl (C=O) groups is 4. The van der Waals surface area contributed by atoms with Gasteiger partial charge in [-0.3, -0.25) is 30.0 Å². The first kappa shape index (κ1) is 17.8. The van der Waals surface area contributed by atoms with Gasteiger partial charge < -0.3 is 9.47 Å². The Morgan fingerprint density at radius 2 is 1.89 bits per heavy atom. The first-order chi connectivity index (χ1) is 12.9. The first-order valence-electron chi connectivity index (χ1n) is 8.66. The monoisotopic (exact) mass is 392 g/mol. The Hall–Kier alpha value is -2.61. The Morgan fingerprint density at radius 3 is 2.63 bits per heavy atom. The van der Waals surface area contributed by atoms with Crippen LogP contribution in [0.4, 0.5) is 0 Å². The molecule has 0 radical (unpaired) electrons. The molecule has 1 aromatic rings. The number of fused-ring (bicyclic) bond motifs is 1. The molecule has 9 heteroatoms. The van der Waals surface area contributed by atoms with Crippen LogP contribution in [0.2, 0.25) is 5.02 Å². The molecule has 8 nitrogen and oxygen atoms in total. The molecule has 0 spiro atoms. The molecule has 27 heavy (non-hydrogen) atoms. The largest absolute Gasteiger partial charge is 0.462 e. The van der Waals surface area contributed by atoms with Crippen LogP contribution in [0.15, 0.2) is 24.3 Å². The van der Waals surface area contributed by atoms with E-state index in [1.54, 1.807) is 12.1 Å². The molecule has 5 atom stereocenters. The number of hydrazine groups is 1. The number of hydrogen-bond acceptors (Lipinski definition) is 6. The lowest BCUT2D eigenvalue weighted by Gasteiger charge is -2.22. The molecule has 2 amide bonds. The molecule has 1 heterocycles. The van der Waals surface area contributed by atoms with Gasteiger partial charge in [0.1, 0.15) is 6.10 Å². The van der Waals surface area contributed by atoms with Gasteiger partial charge in [0.25, 0.3) is 11.8 Å². The van der Waals surface area contributed by atoms with Gasteiger partial charge in [-0.2, -0.15) is 0 Å². The van der Waals surface area contributed by atoms with E-state index in [1.807, 2.05) is 0 Å². The van der Waals surface area contributed by atoms with Crippen LogP contribution in [0.25, 0.3) is 0 Å². The van der Waals surface area contributed by atoms with E-state index >= 15 is 0 Å². The molecule has 2 saturated carbocycles. The van der Waals surface area contributed by atoms with Crippen LogP contribution in [0.3, 0.4) is 0 Å². The molecule has 2 N–H and O–H groups in total. The van der Waals surface area contributed by atoms with Crippen LogP contribution < -0.4 is 10.9 Å². The topological polar surface area (TPSA) is 111 Å². The van der Waals surface area contributed by atoms with Gasteiger partial charge in [0, 0.05) is 16.5 Å². The van der Waals surface area contributed by atoms with Gasteiger partial charge in [-0.15, -0.1) is 0 Å². The number of halogens is 1. The summed E-state index contributed by atoms with van der Waals surface area (Å²) < 4.78 is 10.3. The molecule has 1 aliphatic heterocycles. The average molecular weight is 393 g/mol. The highest BCUT2D eigenvalue weighted by molar-refractivity contribution is 6.30. The van der Waals surface area contributed by atoms with E-state index in [1.165, 1.54) is 12.1 Å². The van der Waals surface area contributed by atoms with E-state index in [0.717, 1.165) is 6.42 Å². The Kier molecular flexibility index (Phi) is 4.51. The lowest BCUT2D eigenvalue weighted by Crippen LogP contribution is -2.44. The number of nitrogens with one attached hydrogen (secondary N) is 2. The number of amides is 2. The van der Waals surface area contributed by atoms with Crippen molar-refractivity contribution in [3.05, 3.63) is 34.9 Å². The van der Waals surface area contributed by atoms with Gasteiger partial charge in [-0.25, -0.2) is 0 Å². The van der Waals surface area contributed by atoms with Crippen LogP contribution in [-0.2, 0) is 23.9 Å². The fourth-order valence-electron chi connectivity index (χ4n) is 4.39. The molecule has 3 fully saturated rings. The van der Waals surface area contributed by atoms with E-state index in [9.17, 15) is 19.2 Å². The summed E-state index contributed by atoms with van der Waals surface area (Å²) in [6, 6.07) is 6.11. The van der Waals surface area contributed by atoms with Crippen molar-refractivity contribution in [2.75, 3.05) is 6.61 Å². The zero-order chi connectivity index (χ0) is 19.1. The minimum atomic E-state index is -0.680. The molecule has 1 saturated heterocycles. The fraction of sp³-hybridized carbons (Fsp3) is 0.444. The maximum Gasteiger partial charge on any atom is 0.310 e.